The van der Waals surface area contributed by atoms with Gasteiger partial charge in [-0.3, -0.25) is 0 Å². The third kappa shape index (κ3) is 3.89. The van der Waals surface area contributed by atoms with Crippen LogP contribution in [0.4, 0.5) is 0 Å². The van der Waals surface area contributed by atoms with E-state index in [0.29, 0.717) is 19.1 Å². The van der Waals surface area contributed by atoms with Crippen LogP contribution in [-0.4, -0.2) is 49.8 Å². The molecule has 5 nitrogen and oxygen atoms in total. The molecule has 136 valence electrons. The van der Waals surface area contributed by atoms with Gasteiger partial charge in [0.2, 0.25) is 10.0 Å². The van der Waals surface area contributed by atoms with Crippen molar-refractivity contribution >= 4 is 10.0 Å². The van der Waals surface area contributed by atoms with E-state index in [0.717, 1.165) is 37.4 Å². The Morgan fingerprint density at radius 1 is 1.08 bits per heavy atom. The van der Waals surface area contributed by atoms with Crippen molar-refractivity contribution in [1.29, 1.82) is 5.26 Å². The van der Waals surface area contributed by atoms with E-state index >= 15 is 0 Å². The van der Waals surface area contributed by atoms with Crippen LogP contribution in [0.3, 0.4) is 0 Å². The predicted octanol–water partition coefficient (Wildman–Crippen LogP) is 2.75. The highest BCUT2D eigenvalue weighted by Crippen LogP contribution is 2.28. The highest BCUT2D eigenvalue weighted by atomic mass is 32.2. The molecule has 0 amide bonds. The maximum atomic E-state index is 13.0. The largest absolute Gasteiger partial charge is 0.300 e. The fourth-order valence-corrected chi connectivity index (χ4v) is 5.61. The number of likely N-dealkylation sites (tertiary alicyclic amines) is 1. The smallest absolute Gasteiger partial charge is 0.244 e. The first kappa shape index (κ1) is 18.4. The molecular weight excluding hydrogens is 334 g/mol. The molecule has 6 heteroatoms. The summed E-state index contributed by atoms with van der Waals surface area (Å²) >= 11 is 0. The van der Waals surface area contributed by atoms with Crippen LogP contribution >= 0.6 is 0 Å². The Kier molecular flexibility index (Phi) is 5.47. The molecule has 0 saturated carbocycles. The van der Waals surface area contributed by atoms with Crippen LogP contribution in [-0.2, 0) is 10.0 Å². The Bertz CT molecular complexity index is 753. The second kappa shape index (κ2) is 7.45. The molecule has 0 radical (unpaired) electrons. The van der Waals surface area contributed by atoms with E-state index in [1.807, 2.05) is 13.0 Å². The van der Waals surface area contributed by atoms with Crippen molar-refractivity contribution < 1.29 is 8.42 Å². The van der Waals surface area contributed by atoms with Crippen molar-refractivity contribution in [2.24, 2.45) is 5.92 Å². The lowest BCUT2D eigenvalue weighted by Gasteiger charge is -2.41. The summed E-state index contributed by atoms with van der Waals surface area (Å²) in [6.07, 6.45) is 4.24. The molecule has 0 aromatic heterocycles. The van der Waals surface area contributed by atoms with E-state index in [9.17, 15) is 13.7 Å². The van der Waals surface area contributed by atoms with Crippen molar-refractivity contribution in [1.82, 2.24) is 9.21 Å². The SMILES string of the molecule is Cc1ccc(C#N)c(S(=O)(=O)N2CCC(N3CCC(C)CC3)CC2)c1. The Hall–Kier alpha value is -1.42. The first-order valence-electron chi connectivity index (χ1n) is 9.17. The van der Waals surface area contributed by atoms with Crippen LogP contribution in [0.5, 0.6) is 0 Å². The molecule has 2 aliphatic heterocycles. The maximum Gasteiger partial charge on any atom is 0.244 e. The Balaban J connectivity index is 1.70. The van der Waals surface area contributed by atoms with Gasteiger partial charge in [-0.2, -0.15) is 9.57 Å². The van der Waals surface area contributed by atoms with Crippen molar-refractivity contribution in [2.45, 2.75) is 50.5 Å². The summed E-state index contributed by atoms with van der Waals surface area (Å²) in [5, 5.41) is 9.27. The van der Waals surface area contributed by atoms with E-state index in [4.69, 9.17) is 0 Å². The number of rotatable bonds is 3. The summed E-state index contributed by atoms with van der Waals surface area (Å²) in [6, 6.07) is 7.51. The molecule has 1 aromatic rings. The highest BCUT2D eigenvalue weighted by Gasteiger charge is 2.33. The molecule has 2 aliphatic rings. The summed E-state index contributed by atoms with van der Waals surface area (Å²) in [7, 11) is -3.60. The molecule has 2 heterocycles. The van der Waals surface area contributed by atoms with E-state index in [1.165, 1.54) is 12.8 Å². The monoisotopic (exact) mass is 361 g/mol. The van der Waals surface area contributed by atoms with E-state index in [2.05, 4.69) is 11.8 Å². The first-order valence-corrected chi connectivity index (χ1v) is 10.6. The van der Waals surface area contributed by atoms with E-state index < -0.39 is 10.0 Å². The quantitative estimate of drug-likeness (QED) is 0.830. The zero-order valence-electron chi connectivity index (χ0n) is 15.1. The molecule has 0 bridgehead atoms. The van der Waals surface area contributed by atoms with Crippen LogP contribution in [0.25, 0.3) is 0 Å². The lowest BCUT2D eigenvalue weighted by atomic mass is 9.95. The number of hydrogen-bond donors (Lipinski definition) is 0. The minimum Gasteiger partial charge on any atom is -0.300 e. The van der Waals surface area contributed by atoms with Crippen molar-refractivity contribution in [2.75, 3.05) is 26.2 Å². The molecule has 3 rings (SSSR count). The van der Waals surface area contributed by atoms with Crippen LogP contribution in [0.2, 0.25) is 0 Å². The summed E-state index contributed by atoms with van der Waals surface area (Å²) in [5.74, 6) is 0.808. The third-order valence-electron chi connectivity index (χ3n) is 5.63. The number of hydrogen-bond acceptors (Lipinski definition) is 4. The summed E-state index contributed by atoms with van der Waals surface area (Å²) in [4.78, 5) is 2.69. The van der Waals surface area contributed by atoms with Crippen LogP contribution < -0.4 is 0 Å². The van der Waals surface area contributed by atoms with Crippen molar-refractivity contribution in [3.8, 4) is 6.07 Å². The fraction of sp³-hybridized carbons (Fsp3) is 0.632. The van der Waals surface area contributed by atoms with Gasteiger partial charge in [0.1, 0.15) is 11.0 Å². The average molecular weight is 362 g/mol. The van der Waals surface area contributed by atoms with E-state index in [-0.39, 0.29) is 10.5 Å². The zero-order valence-corrected chi connectivity index (χ0v) is 15.9. The van der Waals surface area contributed by atoms with Gasteiger partial charge in [0.15, 0.2) is 0 Å². The molecular formula is C19H27N3O2S. The summed E-state index contributed by atoms with van der Waals surface area (Å²) < 4.78 is 27.6. The summed E-state index contributed by atoms with van der Waals surface area (Å²) in [6.45, 7) is 7.50. The topological polar surface area (TPSA) is 64.4 Å². The Morgan fingerprint density at radius 2 is 1.72 bits per heavy atom. The molecule has 0 unspecified atom stereocenters. The van der Waals surface area contributed by atoms with Crippen LogP contribution in [0.1, 0.15) is 43.7 Å². The average Bonchev–Trinajstić information content (AvgIpc) is 2.62. The third-order valence-corrected chi connectivity index (χ3v) is 7.57. The lowest BCUT2D eigenvalue weighted by molar-refractivity contribution is 0.101. The van der Waals surface area contributed by atoms with Crippen LogP contribution in [0, 0.1) is 24.2 Å². The van der Waals surface area contributed by atoms with E-state index in [1.54, 1.807) is 22.5 Å². The number of nitriles is 1. The number of piperidine rings is 2. The molecule has 0 atom stereocenters. The fourth-order valence-electron chi connectivity index (χ4n) is 3.92. The molecule has 2 saturated heterocycles. The van der Waals surface area contributed by atoms with Gasteiger partial charge in [-0.1, -0.05) is 13.0 Å². The molecule has 0 spiro atoms. The van der Waals surface area contributed by atoms with Gasteiger partial charge in [0.25, 0.3) is 0 Å². The van der Waals surface area contributed by atoms with Gasteiger partial charge < -0.3 is 4.90 Å². The zero-order chi connectivity index (χ0) is 18.0. The van der Waals surface area contributed by atoms with Gasteiger partial charge in [0, 0.05) is 19.1 Å². The minimum absolute atomic E-state index is 0.153. The number of nitrogens with zero attached hydrogens (tertiary/aromatic N) is 3. The van der Waals surface area contributed by atoms with Crippen LogP contribution in [0.15, 0.2) is 23.1 Å². The van der Waals surface area contributed by atoms with Gasteiger partial charge in [0.05, 0.1) is 5.56 Å². The highest BCUT2D eigenvalue weighted by molar-refractivity contribution is 7.89. The van der Waals surface area contributed by atoms with Crippen molar-refractivity contribution in [3.63, 3.8) is 0 Å². The normalized spacial score (nSPS) is 22.0. The second-order valence-corrected chi connectivity index (χ2v) is 9.37. The molecule has 0 aliphatic carbocycles. The number of benzene rings is 1. The number of sulfonamides is 1. The lowest BCUT2D eigenvalue weighted by Crippen LogP contribution is -2.48. The molecule has 0 N–H and O–H groups in total. The van der Waals surface area contributed by atoms with Crippen molar-refractivity contribution in [3.05, 3.63) is 29.3 Å². The minimum atomic E-state index is -3.60. The summed E-state index contributed by atoms with van der Waals surface area (Å²) in [5.41, 5.74) is 1.09. The molecule has 2 fully saturated rings. The standard InChI is InChI=1S/C19H27N3O2S/c1-15-5-9-21(10-6-15)18-7-11-22(12-8-18)25(23,24)19-13-16(2)3-4-17(19)14-20/h3-4,13,15,18H,5-12H2,1-2H3. The van der Waals surface area contributed by atoms with Gasteiger partial charge >= 0.3 is 0 Å². The Labute approximate surface area is 151 Å². The van der Waals surface area contributed by atoms with Gasteiger partial charge in [-0.15, -0.1) is 0 Å². The molecule has 1 aromatic carbocycles. The predicted molar refractivity (Wildman–Crippen MR) is 97.6 cm³/mol. The molecule has 25 heavy (non-hydrogen) atoms. The maximum absolute atomic E-state index is 13.0. The number of aryl methyl sites for hydroxylation is 1. The Morgan fingerprint density at radius 3 is 2.32 bits per heavy atom. The van der Waals surface area contributed by atoms with Gasteiger partial charge in [-0.25, -0.2) is 8.42 Å². The first-order chi connectivity index (χ1) is 11.9. The second-order valence-electron chi connectivity index (χ2n) is 7.47. The van der Waals surface area contributed by atoms with Gasteiger partial charge in [-0.05, 0) is 69.3 Å².